The van der Waals surface area contributed by atoms with E-state index in [9.17, 15) is 0 Å². The van der Waals surface area contributed by atoms with Gasteiger partial charge < -0.3 is 5.32 Å². The highest BCUT2D eigenvalue weighted by Crippen LogP contribution is 2.20. The predicted octanol–water partition coefficient (Wildman–Crippen LogP) is 4.65. The zero-order valence-electron chi connectivity index (χ0n) is 11.6. The molecule has 0 unspecified atom stereocenters. The van der Waals surface area contributed by atoms with Gasteiger partial charge in [0.15, 0.2) is 0 Å². The molecule has 1 aliphatic rings. The molecule has 0 amide bonds. The van der Waals surface area contributed by atoms with Crippen LogP contribution in [0.2, 0.25) is 0 Å². The molecule has 0 radical (unpaired) electrons. The largest absolute Gasteiger partial charge is 0.310 e. The summed E-state index contributed by atoms with van der Waals surface area (Å²) in [4.78, 5) is 0. The lowest BCUT2D eigenvalue weighted by atomic mass is 10.0. The summed E-state index contributed by atoms with van der Waals surface area (Å²) in [6.45, 7) is 1.01. The summed E-state index contributed by atoms with van der Waals surface area (Å²) >= 11 is 0. The highest BCUT2D eigenvalue weighted by Gasteiger charge is 2.11. The summed E-state index contributed by atoms with van der Waals surface area (Å²) in [5.41, 5.74) is 1.43. The quantitative estimate of drug-likeness (QED) is 0.785. The van der Waals surface area contributed by atoms with Crippen molar-refractivity contribution in [2.45, 2.75) is 51.1 Å². The summed E-state index contributed by atoms with van der Waals surface area (Å²) in [7, 11) is 0. The fraction of sp³-hybridized carbons (Fsp3) is 0.444. The Kier molecular flexibility index (Phi) is 4.14. The van der Waals surface area contributed by atoms with Crippen molar-refractivity contribution in [2.24, 2.45) is 0 Å². The molecule has 100 valence electrons. The van der Waals surface area contributed by atoms with Gasteiger partial charge in [-0.2, -0.15) is 0 Å². The van der Waals surface area contributed by atoms with Crippen molar-refractivity contribution >= 4 is 10.8 Å². The van der Waals surface area contributed by atoms with E-state index in [1.54, 1.807) is 0 Å². The molecule has 1 heteroatoms. The van der Waals surface area contributed by atoms with Crippen molar-refractivity contribution in [3.63, 3.8) is 0 Å². The molecule has 1 saturated carbocycles. The van der Waals surface area contributed by atoms with E-state index in [-0.39, 0.29) is 0 Å². The molecule has 2 aromatic carbocycles. The Morgan fingerprint density at radius 3 is 2.42 bits per heavy atom. The van der Waals surface area contributed by atoms with E-state index in [1.165, 1.54) is 54.9 Å². The van der Waals surface area contributed by atoms with Crippen LogP contribution in [0.25, 0.3) is 10.8 Å². The van der Waals surface area contributed by atoms with E-state index in [0.717, 1.165) is 12.6 Å². The summed E-state index contributed by atoms with van der Waals surface area (Å²) in [5, 5.41) is 6.51. The van der Waals surface area contributed by atoms with Gasteiger partial charge in [0.1, 0.15) is 0 Å². The molecular formula is C18H23N. The van der Waals surface area contributed by atoms with Crippen LogP contribution in [0.3, 0.4) is 0 Å². The first kappa shape index (κ1) is 12.7. The number of nitrogens with one attached hydrogen (secondary N) is 1. The second kappa shape index (κ2) is 6.21. The van der Waals surface area contributed by atoms with Gasteiger partial charge in [0.2, 0.25) is 0 Å². The number of benzene rings is 2. The monoisotopic (exact) mass is 253 g/mol. The van der Waals surface area contributed by atoms with Crippen molar-refractivity contribution < 1.29 is 0 Å². The molecule has 0 aromatic heterocycles. The fourth-order valence-electron chi connectivity index (χ4n) is 3.18. The summed E-state index contributed by atoms with van der Waals surface area (Å²) in [6.07, 6.45) is 8.34. The van der Waals surface area contributed by atoms with E-state index in [1.807, 2.05) is 0 Å². The third kappa shape index (κ3) is 3.16. The molecule has 0 heterocycles. The number of hydrogen-bond donors (Lipinski definition) is 1. The second-order valence-corrected chi connectivity index (χ2v) is 5.71. The molecule has 1 N–H and O–H groups in total. The van der Waals surface area contributed by atoms with Crippen molar-refractivity contribution in [3.8, 4) is 0 Å². The van der Waals surface area contributed by atoms with E-state index < -0.39 is 0 Å². The van der Waals surface area contributed by atoms with E-state index in [4.69, 9.17) is 0 Å². The minimum absolute atomic E-state index is 0.724. The molecule has 19 heavy (non-hydrogen) atoms. The minimum atomic E-state index is 0.724. The SMILES string of the molecule is c1ccc2c(CNC3CCCCCC3)cccc2c1. The van der Waals surface area contributed by atoms with Crippen LogP contribution in [0.4, 0.5) is 0 Å². The topological polar surface area (TPSA) is 12.0 Å². The molecule has 0 bridgehead atoms. The average Bonchev–Trinajstić information content (AvgIpc) is 2.74. The summed E-state index contributed by atoms with van der Waals surface area (Å²) in [6, 6.07) is 16.0. The van der Waals surface area contributed by atoms with Crippen molar-refractivity contribution in [1.29, 1.82) is 0 Å². The lowest BCUT2D eigenvalue weighted by Gasteiger charge is -2.17. The Balaban J connectivity index is 1.71. The van der Waals surface area contributed by atoms with Gasteiger partial charge in [-0.1, -0.05) is 68.1 Å². The Labute approximate surface area is 116 Å². The molecule has 0 saturated heterocycles. The van der Waals surface area contributed by atoms with Gasteiger partial charge in [-0.15, -0.1) is 0 Å². The van der Waals surface area contributed by atoms with Gasteiger partial charge in [0, 0.05) is 12.6 Å². The van der Waals surface area contributed by atoms with Crippen molar-refractivity contribution in [2.75, 3.05) is 0 Å². The fourth-order valence-corrected chi connectivity index (χ4v) is 3.18. The van der Waals surface area contributed by atoms with Crippen molar-refractivity contribution in [3.05, 3.63) is 48.0 Å². The zero-order chi connectivity index (χ0) is 12.9. The Morgan fingerprint density at radius 1 is 0.842 bits per heavy atom. The van der Waals surface area contributed by atoms with Crippen LogP contribution in [0.1, 0.15) is 44.1 Å². The summed E-state index contributed by atoms with van der Waals surface area (Å²) in [5.74, 6) is 0. The maximum absolute atomic E-state index is 3.77. The first-order valence-electron chi connectivity index (χ1n) is 7.63. The number of fused-ring (bicyclic) bond motifs is 1. The van der Waals surface area contributed by atoms with Crippen LogP contribution < -0.4 is 5.32 Å². The van der Waals surface area contributed by atoms with Gasteiger partial charge in [0.05, 0.1) is 0 Å². The first-order chi connectivity index (χ1) is 9.43. The summed E-state index contributed by atoms with van der Waals surface area (Å²) < 4.78 is 0. The van der Waals surface area contributed by atoms with Gasteiger partial charge in [-0.05, 0) is 29.2 Å². The Morgan fingerprint density at radius 2 is 1.58 bits per heavy atom. The van der Waals surface area contributed by atoms with Crippen LogP contribution in [0, 0.1) is 0 Å². The number of hydrogen-bond acceptors (Lipinski definition) is 1. The van der Waals surface area contributed by atoms with Gasteiger partial charge >= 0.3 is 0 Å². The second-order valence-electron chi connectivity index (χ2n) is 5.71. The number of rotatable bonds is 3. The lowest BCUT2D eigenvalue weighted by Crippen LogP contribution is -2.27. The Bertz CT molecular complexity index is 519. The molecule has 1 aliphatic carbocycles. The third-order valence-electron chi connectivity index (χ3n) is 4.32. The smallest absolute Gasteiger partial charge is 0.0214 e. The molecule has 2 aromatic rings. The first-order valence-corrected chi connectivity index (χ1v) is 7.63. The van der Waals surface area contributed by atoms with Crippen LogP contribution >= 0.6 is 0 Å². The van der Waals surface area contributed by atoms with Gasteiger partial charge in [-0.25, -0.2) is 0 Å². The molecule has 0 atom stereocenters. The zero-order valence-corrected chi connectivity index (χ0v) is 11.6. The van der Waals surface area contributed by atoms with E-state index in [0.29, 0.717) is 0 Å². The van der Waals surface area contributed by atoms with Crippen LogP contribution in [-0.4, -0.2) is 6.04 Å². The highest BCUT2D eigenvalue weighted by molar-refractivity contribution is 5.85. The highest BCUT2D eigenvalue weighted by atomic mass is 14.9. The van der Waals surface area contributed by atoms with Crippen LogP contribution in [0.5, 0.6) is 0 Å². The predicted molar refractivity (Wildman–Crippen MR) is 82.3 cm³/mol. The molecule has 3 rings (SSSR count). The molecule has 1 nitrogen and oxygen atoms in total. The normalized spacial score (nSPS) is 17.5. The maximum Gasteiger partial charge on any atom is 0.0214 e. The molecule has 0 aliphatic heterocycles. The van der Waals surface area contributed by atoms with Crippen LogP contribution in [0.15, 0.2) is 42.5 Å². The molecule has 1 fully saturated rings. The standard InChI is InChI=1S/C18H23N/c1-2-4-12-17(11-3-1)19-14-16-10-7-9-15-8-5-6-13-18(15)16/h5-10,13,17,19H,1-4,11-12,14H2. The van der Waals surface area contributed by atoms with E-state index in [2.05, 4.69) is 47.8 Å². The van der Waals surface area contributed by atoms with Crippen molar-refractivity contribution in [1.82, 2.24) is 5.32 Å². The minimum Gasteiger partial charge on any atom is -0.310 e. The van der Waals surface area contributed by atoms with Crippen LogP contribution in [-0.2, 0) is 6.54 Å². The maximum atomic E-state index is 3.77. The molecule has 0 spiro atoms. The van der Waals surface area contributed by atoms with Gasteiger partial charge in [0.25, 0.3) is 0 Å². The average molecular weight is 253 g/mol. The van der Waals surface area contributed by atoms with Gasteiger partial charge in [-0.3, -0.25) is 0 Å². The Hall–Kier alpha value is -1.34. The third-order valence-corrected chi connectivity index (χ3v) is 4.32. The lowest BCUT2D eigenvalue weighted by molar-refractivity contribution is 0.460. The van der Waals surface area contributed by atoms with E-state index >= 15 is 0 Å². The molecular weight excluding hydrogens is 230 g/mol.